The van der Waals surface area contributed by atoms with E-state index in [1.54, 1.807) is 0 Å². The zero-order valence-electron chi connectivity index (χ0n) is 8.95. The Labute approximate surface area is 85.2 Å². The van der Waals surface area contributed by atoms with E-state index in [4.69, 9.17) is 10.5 Å². The Kier molecular flexibility index (Phi) is 4.35. The fourth-order valence-electron chi connectivity index (χ4n) is 1.41. The maximum atomic E-state index is 11.5. The molecule has 0 aromatic carbocycles. The highest BCUT2D eigenvalue weighted by Crippen LogP contribution is 2.10. The summed E-state index contributed by atoms with van der Waals surface area (Å²) in [7, 11) is 0. The van der Waals surface area contributed by atoms with Crippen molar-refractivity contribution in [2.45, 2.75) is 26.3 Å². The van der Waals surface area contributed by atoms with Crippen molar-refractivity contribution in [1.29, 1.82) is 0 Å². The molecule has 1 aliphatic heterocycles. The molecule has 0 aliphatic carbocycles. The maximum Gasteiger partial charge on any atom is 0.237 e. The van der Waals surface area contributed by atoms with Gasteiger partial charge in [-0.15, -0.1) is 0 Å². The number of carbonyl (C=O) groups excluding carboxylic acids is 1. The van der Waals surface area contributed by atoms with Crippen LogP contribution in [0.3, 0.4) is 0 Å². The molecular weight excluding hydrogens is 180 g/mol. The SMILES string of the molecule is CC(C)C(N)C(=O)NCC1CCOC1. The van der Waals surface area contributed by atoms with Crippen LogP contribution < -0.4 is 11.1 Å². The number of nitrogens with two attached hydrogens (primary N) is 1. The van der Waals surface area contributed by atoms with Crippen molar-refractivity contribution in [3.05, 3.63) is 0 Å². The van der Waals surface area contributed by atoms with Gasteiger partial charge in [0.2, 0.25) is 5.91 Å². The summed E-state index contributed by atoms with van der Waals surface area (Å²) in [4.78, 5) is 11.5. The van der Waals surface area contributed by atoms with Crippen molar-refractivity contribution in [3.63, 3.8) is 0 Å². The first-order chi connectivity index (χ1) is 6.61. The van der Waals surface area contributed by atoms with Gasteiger partial charge in [-0.25, -0.2) is 0 Å². The second-order valence-electron chi connectivity index (χ2n) is 4.24. The summed E-state index contributed by atoms with van der Waals surface area (Å²) in [6.07, 6.45) is 1.04. The zero-order chi connectivity index (χ0) is 10.6. The van der Waals surface area contributed by atoms with Gasteiger partial charge in [-0.2, -0.15) is 0 Å². The third kappa shape index (κ3) is 3.27. The lowest BCUT2D eigenvalue weighted by Crippen LogP contribution is -2.45. The van der Waals surface area contributed by atoms with Crippen molar-refractivity contribution in [3.8, 4) is 0 Å². The third-order valence-corrected chi connectivity index (χ3v) is 2.61. The van der Waals surface area contributed by atoms with Crippen LogP contribution in [0.2, 0.25) is 0 Å². The van der Waals surface area contributed by atoms with E-state index in [0.717, 1.165) is 19.6 Å². The van der Waals surface area contributed by atoms with Crippen LogP contribution in [0, 0.1) is 11.8 Å². The predicted octanol–water partition coefficient (Wildman–Crippen LogP) is 0.122. The predicted molar refractivity (Wildman–Crippen MR) is 54.7 cm³/mol. The summed E-state index contributed by atoms with van der Waals surface area (Å²) in [5.74, 6) is 0.611. The monoisotopic (exact) mass is 200 g/mol. The lowest BCUT2D eigenvalue weighted by Gasteiger charge is -2.16. The van der Waals surface area contributed by atoms with E-state index < -0.39 is 6.04 Å². The molecule has 1 aliphatic rings. The average molecular weight is 200 g/mol. The minimum Gasteiger partial charge on any atom is -0.381 e. The fourth-order valence-corrected chi connectivity index (χ4v) is 1.41. The van der Waals surface area contributed by atoms with E-state index in [0.29, 0.717) is 12.5 Å². The third-order valence-electron chi connectivity index (χ3n) is 2.61. The van der Waals surface area contributed by atoms with Crippen molar-refractivity contribution >= 4 is 5.91 Å². The number of hydrogen-bond acceptors (Lipinski definition) is 3. The maximum absolute atomic E-state index is 11.5. The zero-order valence-corrected chi connectivity index (χ0v) is 8.95. The van der Waals surface area contributed by atoms with Crippen LogP contribution in [-0.2, 0) is 9.53 Å². The van der Waals surface area contributed by atoms with Crippen molar-refractivity contribution in [2.24, 2.45) is 17.6 Å². The first-order valence-electron chi connectivity index (χ1n) is 5.22. The quantitative estimate of drug-likeness (QED) is 0.677. The lowest BCUT2D eigenvalue weighted by molar-refractivity contribution is -0.123. The Morgan fingerprint density at radius 2 is 2.36 bits per heavy atom. The van der Waals surface area contributed by atoms with E-state index in [2.05, 4.69) is 5.32 Å². The largest absolute Gasteiger partial charge is 0.381 e. The van der Waals surface area contributed by atoms with Crippen LogP contribution in [-0.4, -0.2) is 31.7 Å². The first kappa shape index (κ1) is 11.5. The van der Waals surface area contributed by atoms with Crippen LogP contribution in [0.1, 0.15) is 20.3 Å². The first-order valence-corrected chi connectivity index (χ1v) is 5.22. The molecule has 1 heterocycles. The molecule has 1 saturated heterocycles. The Morgan fingerprint density at radius 1 is 1.64 bits per heavy atom. The van der Waals surface area contributed by atoms with Crippen molar-refractivity contribution in [2.75, 3.05) is 19.8 Å². The Morgan fingerprint density at radius 3 is 2.86 bits per heavy atom. The number of nitrogens with one attached hydrogen (secondary N) is 1. The van der Waals surface area contributed by atoms with Crippen LogP contribution >= 0.6 is 0 Å². The van der Waals surface area contributed by atoms with E-state index >= 15 is 0 Å². The molecule has 3 N–H and O–H groups in total. The lowest BCUT2D eigenvalue weighted by atomic mass is 10.0. The van der Waals surface area contributed by atoms with Crippen LogP contribution in [0.25, 0.3) is 0 Å². The van der Waals surface area contributed by atoms with Crippen LogP contribution in [0.15, 0.2) is 0 Å². The fraction of sp³-hybridized carbons (Fsp3) is 0.900. The van der Waals surface area contributed by atoms with Gasteiger partial charge >= 0.3 is 0 Å². The van der Waals surface area contributed by atoms with Gasteiger partial charge < -0.3 is 15.8 Å². The van der Waals surface area contributed by atoms with E-state index in [-0.39, 0.29) is 11.8 Å². The molecule has 1 rings (SSSR count). The van der Waals surface area contributed by atoms with Gasteiger partial charge in [0.1, 0.15) is 0 Å². The molecule has 2 atom stereocenters. The Balaban J connectivity index is 2.19. The molecule has 0 saturated carbocycles. The molecule has 0 bridgehead atoms. The molecule has 0 aromatic rings. The molecule has 0 radical (unpaired) electrons. The summed E-state index contributed by atoms with van der Waals surface area (Å²) < 4.78 is 5.21. The summed E-state index contributed by atoms with van der Waals surface area (Å²) >= 11 is 0. The number of carbonyl (C=O) groups is 1. The highest BCUT2D eigenvalue weighted by atomic mass is 16.5. The average Bonchev–Trinajstić information content (AvgIpc) is 2.65. The number of amides is 1. The van der Waals surface area contributed by atoms with Crippen molar-refractivity contribution < 1.29 is 9.53 Å². The van der Waals surface area contributed by atoms with E-state index in [1.165, 1.54) is 0 Å². The highest BCUT2D eigenvalue weighted by molar-refractivity contribution is 5.81. The smallest absolute Gasteiger partial charge is 0.237 e. The van der Waals surface area contributed by atoms with Gasteiger partial charge in [-0.05, 0) is 12.3 Å². The summed E-state index contributed by atoms with van der Waals surface area (Å²) in [6.45, 7) is 6.17. The molecule has 14 heavy (non-hydrogen) atoms. The summed E-state index contributed by atoms with van der Waals surface area (Å²) in [5.41, 5.74) is 5.70. The minimum atomic E-state index is -0.391. The number of rotatable bonds is 4. The van der Waals surface area contributed by atoms with Gasteiger partial charge in [-0.1, -0.05) is 13.8 Å². The highest BCUT2D eigenvalue weighted by Gasteiger charge is 2.20. The molecule has 4 nitrogen and oxygen atoms in total. The molecule has 82 valence electrons. The van der Waals surface area contributed by atoms with Gasteiger partial charge in [0.25, 0.3) is 0 Å². The molecular formula is C10H20N2O2. The van der Waals surface area contributed by atoms with Crippen LogP contribution in [0.5, 0.6) is 0 Å². The Hall–Kier alpha value is -0.610. The molecule has 2 unspecified atom stereocenters. The van der Waals surface area contributed by atoms with Gasteiger partial charge in [-0.3, -0.25) is 4.79 Å². The molecule has 4 heteroatoms. The van der Waals surface area contributed by atoms with E-state index in [9.17, 15) is 4.79 Å². The van der Waals surface area contributed by atoms with E-state index in [1.807, 2.05) is 13.8 Å². The molecule has 0 aromatic heterocycles. The second kappa shape index (κ2) is 5.32. The summed E-state index contributed by atoms with van der Waals surface area (Å²) in [5, 5.41) is 2.86. The molecule has 1 amide bonds. The standard InChI is InChI=1S/C10H20N2O2/c1-7(2)9(11)10(13)12-5-8-3-4-14-6-8/h7-9H,3-6,11H2,1-2H3,(H,12,13). The van der Waals surface area contributed by atoms with Gasteiger partial charge in [0, 0.05) is 19.1 Å². The molecule has 0 spiro atoms. The summed E-state index contributed by atoms with van der Waals surface area (Å²) in [6, 6.07) is -0.391. The van der Waals surface area contributed by atoms with Gasteiger partial charge in [0.05, 0.1) is 12.6 Å². The van der Waals surface area contributed by atoms with Crippen LogP contribution in [0.4, 0.5) is 0 Å². The molecule has 1 fully saturated rings. The normalized spacial score (nSPS) is 23.9. The number of ether oxygens (including phenoxy) is 1. The minimum absolute atomic E-state index is 0.0492. The topological polar surface area (TPSA) is 64.4 Å². The Bertz CT molecular complexity index is 189. The van der Waals surface area contributed by atoms with Gasteiger partial charge in [0.15, 0.2) is 0 Å². The number of hydrogen-bond donors (Lipinski definition) is 2. The van der Waals surface area contributed by atoms with Crippen molar-refractivity contribution in [1.82, 2.24) is 5.32 Å². The second-order valence-corrected chi connectivity index (χ2v) is 4.24.